The number of amides is 1. The van der Waals surface area contributed by atoms with Crippen LogP contribution in [0.25, 0.3) is 0 Å². The van der Waals surface area contributed by atoms with Gasteiger partial charge in [0.05, 0.1) is 4.88 Å². The molecule has 1 aromatic heterocycles. The summed E-state index contributed by atoms with van der Waals surface area (Å²) in [4.78, 5) is 25.6. The first-order valence-corrected chi connectivity index (χ1v) is 6.70. The van der Waals surface area contributed by atoms with Crippen molar-refractivity contribution in [3.05, 3.63) is 21.9 Å². The van der Waals surface area contributed by atoms with Gasteiger partial charge in [-0.3, -0.25) is 9.59 Å². The highest BCUT2D eigenvalue weighted by Crippen LogP contribution is 2.20. The van der Waals surface area contributed by atoms with Crippen molar-refractivity contribution >= 4 is 23.0 Å². The van der Waals surface area contributed by atoms with Crippen LogP contribution >= 0.6 is 11.3 Å². The first kappa shape index (κ1) is 14.9. The third-order valence-corrected chi connectivity index (χ3v) is 3.70. The Bertz CT molecular complexity index is 452. The summed E-state index contributed by atoms with van der Waals surface area (Å²) in [6.07, 6.45) is 0. The second-order valence-corrected chi connectivity index (χ2v) is 6.20. The van der Waals surface area contributed by atoms with E-state index in [1.54, 1.807) is 23.4 Å². The summed E-state index contributed by atoms with van der Waals surface area (Å²) in [7, 11) is 1.76. The molecule has 2 N–H and O–H groups in total. The molecule has 1 heterocycles. The van der Waals surface area contributed by atoms with Crippen LogP contribution in [0.2, 0.25) is 0 Å². The first-order chi connectivity index (χ1) is 8.26. The van der Waals surface area contributed by atoms with Crippen LogP contribution in [-0.2, 0) is 0 Å². The van der Waals surface area contributed by atoms with Crippen molar-refractivity contribution < 1.29 is 9.59 Å². The van der Waals surface area contributed by atoms with Gasteiger partial charge in [-0.15, -0.1) is 11.3 Å². The molecule has 0 spiro atoms. The van der Waals surface area contributed by atoms with Crippen LogP contribution in [0.3, 0.4) is 0 Å². The van der Waals surface area contributed by atoms with Crippen molar-refractivity contribution in [1.82, 2.24) is 4.90 Å². The van der Waals surface area contributed by atoms with E-state index in [2.05, 4.69) is 0 Å². The van der Waals surface area contributed by atoms with E-state index in [0.29, 0.717) is 23.5 Å². The van der Waals surface area contributed by atoms with Crippen LogP contribution in [0.5, 0.6) is 0 Å². The maximum absolute atomic E-state index is 12.2. The van der Waals surface area contributed by atoms with E-state index in [9.17, 15) is 9.59 Å². The SMILES string of the molecule is CC(=O)c1csc(C(=O)N(C)CC(C)(C)CN)c1. The Labute approximate surface area is 112 Å². The van der Waals surface area contributed by atoms with Gasteiger partial charge in [0.2, 0.25) is 0 Å². The van der Waals surface area contributed by atoms with E-state index in [0.717, 1.165) is 0 Å². The molecule has 0 aliphatic heterocycles. The van der Waals surface area contributed by atoms with Gasteiger partial charge in [0.15, 0.2) is 5.78 Å². The van der Waals surface area contributed by atoms with E-state index >= 15 is 0 Å². The zero-order valence-electron chi connectivity index (χ0n) is 11.3. The summed E-state index contributed by atoms with van der Waals surface area (Å²) in [5.41, 5.74) is 6.14. The molecule has 100 valence electrons. The average molecular weight is 268 g/mol. The number of hydrogen-bond donors (Lipinski definition) is 1. The van der Waals surface area contributed by atoms with Crippen LogP contribution < -0.4 is 5.73 Å². The minimum absolute atomic E-state index is 0.0183. The van der Waals surface area contributed by atoms with Gasteiger partial charge in [-0.2, -0.15) is 0 Å². The standard InChI is InChI=1S/C13H20N2O2S/c1-9(16)10-5-11(18-6-10)12(17)15(4)8-13(2,3)7-14/h5-6H,7-8,14H2,1-4H3. The molecular weight excluding hydrogens is 248 g/mol. The summed E-state index contributed by atoms with van der Waals surface area (Å²) in [5.74, 6) is -0.0794. The Kier molecular flexibility index (Phi) is 4.65. The largest absolute Gasteiger partial charge is 0.340 e. The predicted molar refractivity (Wildman–Crippen MR) is 74.1 cm³/mol. The number of nitrogens with two attached hydrogens (primary N) is 1. The summed E-state index contributed by atoms with van der Waals surface area (Å²) in [5, 5.41) is 1.72. The lowest BCUT2D eigenvalue weighted by Gasteiger charge is -2.28. The molecule has 0 bridgehead atoms. The molecule has 0 saturated carbocycles. The summed E-state index contributed by atoms with van der Waals surface area (Å²) in [6.45, 7) is 6.65. The smallest absolute Gasteiger partial charge is 0.263 e. The van der Waals surface area contributed by atoms with Crippen LogP contribution in [0.1, 0.15) is 40.8 Å². The normalized spacial score (nSPS) is 11.4. The maximum atomic E-state index is 12.2. The zero-order valence-corrected chi connectivity index (χ0v) is 12.1. The van der Waals surface area contributed by atoms with E-state index in [4.69, 9.17) is 5.73 Å². The second-order valence-electron chi connectivity index (χ2n) is 5.29. The molecule has 0 atom stereocenters. The third-order valence-electron chi connectivity index (χ3n) is 2.78. The highest BCUT2D eigenvalue weighted by atomic mass is 32.1. The Balaban J connectivity index is 2.77. The highest BCUT2D eigenvalue weighted by molar-refractivity contribution is 7.12. The first-order valence-electron chi connectivity index (χ1n) is 5.82. The molecule has 0 fully saturated rings. The monoisotopic (exact) mass is 268 g/mol. The van der Waals surface area contributed by atoms with Crippen molar-refractivity contribution in [3.8, 4) is 0 Å². The van der Waals surface area contributed by atoms with Gasteiger partial charge >= 0.3 is 0 Å². The van der Waals surface area contributed by atoms with E-state index in [1.165, 1.54) is 18.3 Å². The molecule has 1 amide bonds. The summed E-state index contributed by atoms with van der Waals surface area (Å²) in [6, 6.07) is 1.65. The molecule has 0 saturated heterocycles. The van der Waals surface area contributed by atoms with Crippen molar-refractivity contribution in [1.29, 1.82) is 0 Å². The Morgan fingerprint density at radius 1 is 1.44 bits per heavy atom. The van der Waals surface area contributed by atoms with Gasteiger partial charge in [-0.1, -0.05) is 13.8 Å². The van der Waals surface area contributed by atoms with Crippen molar-refractivity contribution in [2.45, 2.75) is 20.8 Å². The number of ketones is 1. The topological polar surface area (TPSA) is 63.4 Å². The molecule has 0 unspecified atom stereocenters. The molecule has 0 aromatic carbocycles. The minimum atomic E-state index is -0.106. The van der Waals surface area contributed by atoms with Gasteiger partial charge < -0.3 is 10.6 Å². The van der Waals surface area contributed by atoms with Crippen molar-refractivity contribution in [3.63, 3.8) is 0 Å². The van der Waals surface area contributed by atoms with Crippen LogP contribution in [0.15, 0.2) is 11.4 Å². The van der Waals surface area contributed by atoms with Gasteiger partial charge in [-0.05, 0) is 24.9 Å². The lowest BCUT2D eigenvalue weighted by Crippen LogP contribution is -2.39. The number of rotatable bonds is 5. The molecule has 0 aliphatic carbocycles. The second kappa shape index (κ2) is 5.63. The molecule has 4 nitrogen and oxygen atoms in total. The molecule has 1 rings (SSSR count). The van der Waals surface area contributed by atoms with Gasteiger partial charge in [0.1, 0.15) is 0 Å². The number of carbonyl (C=O) groups excluding carboxylic acids is 2. The molecule has 5 heteroatoms. The van der Waals surface area contributed by atoms with Crippen LogP contribution in [0, 0.1) is 5.41 Å². The number of carbonyl (C=O) groups is 2. The Morgan fingerprint density at radius 3 is 2.50 bits per heavy atom. The van der Waals surface area contributed by atoms with E-state index < -0.39 is 0 Å². The maximum Gasteiger partial charge on any atom is 0.263 e. The van der Waals surface area contributed by atoms with Gasteiger partial charge in [0.25, 0.3) is 5.91 Å². The quantitative estimate of drug-likeness (QED) is 0.831. The van der Waals surface area contributed by atoms with E-state index in [-0.39, 0.29) is 17.1 Å². The fraction of sp³-hybridized carbons (Fsp3) is 0.538. The average Bonchev–Trinajstić information content (AvgIpc) is 2.76. The molecule has 1 aromatic rings. The molecule has 18 heavy (non-hydrogen) atoms. The fourth-order valence-electron chi connectivity index (χ4n) is 1.60. The van der Waals surface area contributed by atoms with Crippen molar-refractivity contribution in [2.24, 2.45) is 11.1 Å². The van der Waals surface area contributed by atoms with Crippen molar-refractivity contribution in [2.75, 3.05) is 20.1 Å². The summed E-state index contributed by atoms with van der Waals surface area (Å²) >= 11 is 1.30. The Morgan fingerprint density at radius 2 is 2.06 bits per heavy atom. The number of Topliss-reactive ketones (excluding diaryl/α,β-unsaturated/α-hetero) is 1. The summed E-state index contributed by atoms with van der Waals surface area (Å²) < 4.78 is 0. The number of thiophene rings is 1. The zero-order chi connectivity index (χ0) is 13.9. The van der Waals surface area contributed by atoms with E-state index in [1.807, 2.05) is 13.8 Å². The lowest BCUT2D eigenvalue weighted by molar-refractivity contribution is 0.0745. The van der Waals surface area contributed by atoms with Gasteiger partial charge in [-0.25, -0.2) is 0 Å². The third kappa shape index (κ3) is 3.65. The molecule has 0 aliphatic rings. The predicted octanol–water partition coefficient (Wildman–Crippen LogP) is 2.01. The lowest BCUT2D eigenvalue weighted by atomic mass is 9.93. The highest BCUT2D eigenvalue weighted by Gasteiger charge is 2.23. The molecular formula is C13H20N2O2S. The Hall–Kier alpha value is -1.20. The molecule has 0 radical (unpaired) electrons. The van der Waals surface area contributed by atoms with Crippen LogP contribution in [-0.4, -0.2) is 36.7 Å². The number of hydrogen-bond acceptors (Lipinski definition) is 4. The van der Waals surface area contributed by atoms with Gasteiger partial charge in [0, 0.05) is 24.5 Å². The number of nitrogens with zero attached hydrogens (tertiary/aromatic N) is 1. The van der Waals surface area contributed by atoms with Crippen LogP contribution in [0.4, 0.5) is 0 Å². The minimum Gasteiger partial charge on any atom is -0.340 e. The fourth-order valence-corrected chi connectivity index (χ4v) is 2.54.